The Kier molecular flexibility index (Phi) is 3.72. The molecular formula is C12H10N6OS. The first-order valence-corrected chi connectivity index (χ1v) is 5.97. The van der Waals surface area contributed by atoms with Crippen LogP contribution >= 0.6 is 12.2 Å². The lowest BCUT2D eigenvalue weighted by atomic mass is 10.2. The fraction of sp³-hybridized carbons (Fsp3) is 0.0833. The fourth-order valence-corrected chi connectivity index (χ4v) is 1.65. The molecule has 0 atom stereocenters. The monoisotopic (exact) mass is 286 g/mol. The summed E-state index contributed by atoms with van der Waals surface area (Å²) < 4.78 is 1.03. The summed E-state index contributed by atoms with van der Waals surface area (Å²) in [4.78, 5) is 11.9. The van der Waals surface area contributed by atoms with Crippen LogP contribution < -0.4 is 11.3 Å². The van der Waals surface area contributed by atoms with Crippen LogP contribution in [-0.4, -0.2) is 14.9 Å². The van der Waals surface area contributed by atoms with E-state index in [-0.39, 0.29) is 10.8 Å². The molecule has 1 aromatic carbocycles. The third-order valence-electron chi connectivity index (χ3n) is 2.52. The van der Waals surface area contributed by atoms with Crippen LogP contribution in [-0.2, 0) is 0 Å². The van der Waals surface area contributed by atoms with E-state index in [0.29, 0.717) is 16.9 Å². The quantitative estimate of drug-likeness (QED) is 0.648. The number of H-pyrrole nitrogens is 1. The normalized spacial score (nSPS) is 10.6. The minimum absolute atomic E-state index is 0.0853. The number of rotatable bonds is 2. The fourth-order valence-electron chi connectivity index (χ4n) is 1.52. The molecule has 0 fully saturated rings. The van der Waals surface area contributed by atoms with E-state index in [1.165, 1.54) is 0 Å². The standard InChI is InChI=1S/C12H10N6OS/c1-7-10(11(19)18(17-7)12(14)20)16-15-9-4-2-8(6-13)3-5-9/h2-5,17H,1H3,(H2,14,20). The number of benzene rings is 1. The SMILES string of the molecule is Cc1[nH]n(C(N)=S)c(=O)c1N=Nc1ccc(C#N)cc1. The van der Waals surface area contributed by atoms with Gasteiger partial charge in [-0.2, -0.15) is 15.1 Å². The molecule has 2 rings (SSSR count). The average molecular weight is 286 g/mol. The van der Waals surface area contributed by atoms with Crippen molar-refractivity contribution in [3.05, 3.63) is 45.9 Å². The number of nitriles is 1. The summed E-state index contributed by atoms with van der Waals surface area (Å²) in [5, 5.41) is 19.2. The summed E-state index contributed by atoms with van der Waals surface area (Å²) >= 11 is 4.73. The van der Waals surface area contributed by atoms with Gasteiger partial charge in [-0.15, -0.1) is 5.11 Å². The number of nitrogens with two attached hydrogens (primary N) is 1. The molecule has 1 aromatic heterocycles. The molecule has 1 heterocycles. The number of aryl methyl sites for hydroxylation is 1. The minimum atomic E-state index is -0.451. The highest BCUT2D eigenvalue weighted by atomic mass is 32.1. The minimum Gasteiger partial charge on any atom is -0.374 e. The highest BCUT2D eigenvalue weighted by Gasteiger charge is 2.11. The van der Waals surface area contributed by atoms with E-state index in [0.717, 1.165) is 4.68 Å². The second kappa shape index (κ2) is 5.46. The maximum absolute atomic E-state index is 11.9. The molecule has 2 aromatic rings. The molecule has 0 amide bonds. The Morgan fingerprint density at radius 1 is 1.40 bits per heavy atom. The maximum Gasteiger partial charge on any atom is 0.301 e. The summed E-state index contributed by atoms with van der Waals surface area (Å²) in [5.41, 5.74) is 6.66. The number of hydrogen-bond donors (Lipinski definition) is 2. The summed E-state index contributed by atoms with van der Waals surface area (Å²) in [6, 6.07) is 8.51. The number of hydrogen-bond acceptors (Lipinski definition) is 5. The Balaban J connectivity index is 2.34. The maximum atomic E-state index is 11.9. The number of nitrogens with zero attached hydrogens (tertiary/aromatic N) is 4. The number of thiocarbonyl (C=S) groups is 1. The zero-order chi connectivity index (χ0) is 14.7. The van der Waals surface area contributed by atoms with Crippen LogP contribution in [0.5, 0.6) is 0 Å². The van der Waals surface area contributed by atoms with Crippen LogP contribution in [0.1, 0.15) is 11.3 Å². The molecule has 0 bridgehead atoms. The van der Waals surface area contributed by atoms with Gasteiger partial charge >= 0.3 is 5.56 Å². The van der Waals surface area contributed by atoms with Crippen molar-refractivity contribution in [2.45, 2.75) is 6.92 Å². The molecule has 0 saturated carbocycles. The largest absolute Gasteiger partial charge is 0.374 e. The first-order valence-electron chi connectivity index (χ1n) is 5.56. The Morgan fingerprint density at radius 2 is 2.05 bits per heavy atom. The van der Waals surface area contributed by atoms with Gasteiger partial charge in [0.25, 0.3) is 0 Å². The molecule has 20 heavy (non-hydrogen) atoms. The molecule has 0 aliphatic heterocycles. The first kappa shape index (κ1) is 13.6. The van der Waals surface area contributed by atoms with Crippen molar-refractivity contribution in [2.24, 2.45) is 16.0 Å². The Bertz CT molecular complexity index is 778. The second-order valence-electron chi connectivity index (χ2n) is 3.92. The van der Waals surface area contributed by atoms with Crippen LogP contribution in [0.2, 0.25) is 0 Å². The molecule has 8 heteroatoms. The second-order valence-corrected chi connectivity index (χ2v) is 4.34. The number of aromatic amines is 1. The zero-order valence-electron chi connectivity index (χ0n) is 10.5. The van der Waals surface area contributed by atoms with Gasteiger partial charge in [0.05, 0.1) is 23.0 Å². The van der Waals surface area contributed by atoms with Gasteiger partial charge < -0.3 is 5.73 Å². The van der Waals surface area contributed by atoms with Gasteiger partial charge in [0, 0.05) is 0 Å². The predicted octanol–water partition coefficient (Wildman–Crippen LogP) is 1.86. The lowest BCUT2D eigenvalue weighted by molar-refractivity contribution is 0.889. The van der Waals surface area contributed by atoms with Gasteiger partial charge in [0.1, 0.15) is 0 Å². The van der Waals surface area contributed by atoms with E-state index >= 15 is 0 Å². The molecule has 0 saturated heterocycles. The summed E-state index contributed by atoms with van der Waals surface area (Å²) in [6.07, 6.45) is 0. The Hall–Kier alpha value is -2.79. The van der Waals surface area contributed by atoms with Crippen molar-refractivity contribution < 1.29 is 0 Å². The van der Waals surface area contributed by atoms with Gasteiger partial charge in [0.2, 0.25) is 0 Å². The molecule has 0 spiro atoms. The smallest absolute Gasteiger partial charge is 0.301 e. The summed E-state index contributed by atoms with van der Waals surface area (Å²) in [5.74, 6) is 0. The topological polar surface area (TPSA) is 112 Å². The molecule has 0 aliphatic carbocycles. The lowest BCUT2D eigenvalue weighted by Gasteiger charge is -1.93. The molecular weight excluding hydrogens is 276 g/mol. The van der Waals surface area contributed by atoms with E-state index < -0.39 is 5.56 Å². The van der Waals surface area contributed by atoms with Crippen molar-refractivity contribution in [3.8, 4) is 6.07 Å². The van der Waals surface area contributed by atoms with E-state index in [2.05, 4.69) is 15.3 Å². The molecule has 0 unspecified atom stereocenters. The van der Waals surface area contributed by atoms with Crippen molar-refractivity contribution in [3.63, 3.8) is 0 Å². The third-order valence-corrected chi connectivity index (χ3v) is 2.71. The van der Waals surface area contributed by atoms with Crippen LogP contribution in [0.15, 0.2) is 39.3 Å². The summed E-state index contributed by atoms with van der Waals surface area (Å²) in [6.45, 7) is 1.67. The molecule has 100 valence electrons. The van der Waals surface area contributed by atoms with Crippen molar-refractivity contribution in [1.29, 1.82) is 5.26 Å². The van der Waals surface area contributed by atoms with Gasteiger partial charge in [0.15, 0.2) is 10.8 Å². The third kappa shape index (κ3) is 2.62. The highest BCUT2D eigenvalue weighted by Crippen LogP contribution is 2.18. The Labute approximate surface area is 119 Å². The first-order chi connectivity index (χ1) is 9.52. The van der Waals surface area contributed by atoms with E-state index in [9.17, 15) is 4.79 Å². The molecule has 0 radical (unpaired) electrons. The van der Waals surface area contributed by atoms with E-state index in [4.69, 9.17) is 23.2 Å². The van der Waals surface area contributed by atoms with Gasteiger partial charge in [-0.3, -0.25) is 9.89 Å². The lowest BCUT2D eigenvalue weighted by Crippen LogP contribution is -2.29. The molecule has 3 N–H and O–H groups in total. The zero-order valence-corrected chi connectivity index (χ0v) is 11.3. The molecule has 7 nitrogen and oxygen atoms in total. The van der Waals surface area contributed by atoms with Crippen molar-refractivity contribution in [2.75, 3.05) is 0 Å². The summed E-state index contributed by atoms with van der Waals surface area (Å²) in [7, 11) is 0. The molecule has 0 aliphatic rings. The van der Waals surface area contributed by atoms with E-state index in [1.807, 2.05) is 6.07 Å². The van der Waals surface area contributed by atoms with Crippen molar-refractivity contribution in [1.82, 2.24) is 9.78 Å². The van der Waals surface area contributed by atoms with Crippen LogP contribution in [0.3, 0.4) is 0 Å². The van der Waals surface area contributed by atoms with Gasteiger partial charge in [-0.05, 0) is 43.4 Å². The van der Waals surface area contributed by atoms with Gasteiger partial charge in [-0.25, -0.2) is 0 Å². The predicted molar refractivity (Wildman–Crippen MR) is 77.3 cm³/mol. The van der Waals surface area contributed by atoms with Crippen molar-refractivity contribution >= 4 is 28.7 Å². The van der Waals surface area contributed by atoms with E-state index in [1.54, 1.807) is 31.2 Å². The van der Waals surface area contributed by atoms with Crippen LogP contribution in [0, 0.1) is 18.3 Å². The Morgan fingerprint density at radius 3 is 2.55 bits per heavy atom. The average Bonchev–Trinajstić information content (AvgIpc) is 2.72. The highest BCUT2D eigenvalue weighted by molar-refractivity contribution is 7.80. The number of nitrogens with one attached hydrogen (secondary N) is 1. The number of aromatic nitrogens is 2. The van der Waals surface area contributed by atoms with Crippen LogP contribution in [0.25, 0.3) is 0 Å². The number of azo groups is 1. The van der Waals surface area contributed by atoms with Gasteiger partial charge in [-0.1, -0.05) is 0 Å². The van der Waals surface area contributed by atoms with Crippen LogP contribution in [0.4, 0.5) is 11.4 Å².